The molecule has 0 fully saturated rings. The van der Waals surface area contributed by atoms with Crippen LogP contribution in [0.5, 0.6) is 0 Å². The second-order valence-electron chi connectivity index (χ2n) is 2.57. The molecular formula is C6H14O. The highest BCUT2D eigenvalue weighted by molar-refractivity contribution is 4.82. The lowest BCUT2D eigenvalue weighted by Crippen LogP contribution is -1.96. The van der Waals surface area contributed by atoms with E-state index in [9.17, 15) is 0 Å². The Morgan fingerprint density at radius 2 is 1.43 bits per heavy atom. The standard InChI is InChI=1S/C6H12.H2O/c1-5-6(2,3)4;/h5H,1H2,2-4H3;1H2. The van der Waals surface area contributed by atoms with Crippen LogP contribution < -0.4 is 0 Å². The summed E-state index contributed by atoms with van der Waals surface area (Å²) in [6, 6.07) is 0. The maximum atomic E-state index is 3.63. The maximum Gasteiger partial charge on any atom is -0.0206 e. The Balaban J connectivity index is 0. The predicted octanol–water partition coefficient (Wildman–Crippen LogP) is 1.39. The average molecular weight is 102 g/mol. The minimum atomic E-state index is 0. The SMILES string of the molecule is C=CC(C)(C)C.O. The summed E-state index contributed by atoms with van der Waals surface area (Å²) in [6.45, 7) is 10.0. The lowest BCUT2D eigenvalue weighted by atomic mass is 9.98. The van der Waals surface area contributed by atoms with Crippen LogP contribution in [0.1, 0.15) is 20.8 Å². The van der Waals surface area contributed by atoms with E-state index in [0.717, 1.165) is 0 Å². The molecule has 0 spiro atoms. The van der Waals surface area contributed by atoms with E-state index in [0.29, 0.717) is 5.41 Å². The summed E-state index contributed by atoms with van der Waals surface area (Å²) in [7, 11) is 0. The van der Waals surface area contributed by atoms with Crippen molar-refractivity contribution in [2.45, 2.75) is 20.8 Å². The Morgan fingerprint density at radius 3 is 1.43 bits per heavy atom. The fourth-order valence-electron chi connectivity index (χ4n) is 0. The molecule has 0 amide bonds. The predicted molar refractivity (Wildman–Crippen MR) is 33.3 cm³/mol. The topological polar surface area (TPSA) is 31.5 Å². The van der Waals surface area contributed by atoms with Crippen molar-refractivity contribution in [1.29, 1.82) is 0 Å². The van der Waals surface area contributed by atoms with Crippen molar-refractivity contribution >= 4 is 0 Å². The third kappa shape index (κ3) is 10.7. The van der Waals surface area contributed by atoms with E-state index in [1.807, 2.05) is 6.08 Å². The molecule has 0 aliphatic heterocycles. The fraction of sp³-hybridized carbons (Fsp3) is 0.667. The first-order valence-corrected chi connectivity index (χ1v) is 2.20. The molecule has 0 atom stereocenters. The van der Waals surface area contributed by atoms with E-state index in [-0.39, 0.29) is 5.48 Å². The van der Waals surface area contributed by atoms with Gasteiger partial charge in [0.15, 0.2) is 0 Å². The van der Waals surface area contributed by atoms with E-state index in [4.69, 9.17) is 0 Å². The molecule has 44 valence electrons. The van der Waals surface area contributed by atoms with Crippen LogP contribution in [0.25, 0.3) is 0 Å². The highest BCUT2D eigenvalue weighted by atomic mass is 16.0. The second kappa shape index (κ2) is 2.80. The zero-order valence-electron chi connectivity index (χ0n) is 5.28. The second-order valence-corrected chi connectivity index (χ2v) is 2.57. The van der Waals surface area contributed by atoms with Gasteiger partial charge in [-0.05, 0) is 5.41 Å². The van der Waals surface area contributed by atoms with Gasteiger partial charge in [0.2, 0.25) is 0 Å². The van der Waals surface area contributed by atoms with E-state index >= 15 is 0 Å². The van der Waals surface area contributed by atoms with Crippen LogP contribution >= 0.6 is 0 Å². The monoisotopic (exact) mass is 102 g/mol. The van der Waals surface area contributed by atoms with Crippen LogP contribution in [0.2, 0.25) is 0 Å². The van der Waals surface area contributed by atoms with Gasteiger partial charge in [-0.2, -0.15) is 0 Å². The first kappa shape index (κ1) is 9.85. The third-order valence-electron chi connectivity index (χ3n) is 0.612. The molecule has 0 aromatic heterocycles. The maximum absolute atomic E-state index is 3.63. The molecular weight excluding hydrogens is 88.1 g/mol. The quantitative estimate of drug-likeness (QED) is 0.414. The first-order valence-electron chi connectivity index (χ1n) is 2.20. The van der Waals surface area contributed by atoms with Gasteiger partial charge in [-0.25, -0.2) is 0 Å². The zero-order chi connectivity index (χ0) is 5.21. The van der Waals surface area contributed by atoms with Gasteiger partial charge in [-0.15, -0.1) is 6.58 Å². The Labute approximate surface area is 45.4 Å². The fourth-order valence-corrected chi connectivity index (χ4v) is 0. The summed E-state index contributed by atoms with van der Waals surface area (Å²) < 4.78 is 0. The lowest BCUT2D eigenvalue weighted by molar-refractivity contribution is 0.546. The van der Waals surface area contributed by atoms with Gasteiger partial charge in [0.1, 0.15) is 0 Å². The van der Waals surface area contributed by atoms with Crippen LogP contribution in [0.4, 0.5) is 0 Å². The number of rotatable bonds is 0. The summed E-state index contributed by atoms with van der Waals surface area (Å²) >= 11 is 0. The largest absolute Gasteiger partial charge is 0.412 e. The molecule has 0 saturated carbocycles. The molecule has 0 aliphatic rings. The van der Waals surface area contributed by atoms with Crippen molar-refractivity contribution in [1.82, 2.24) is 0 Å². The summed E-state index contributed by atoms with van der Waals surface area (Å²) in [6.07, 6.45) is 1.94. The summed E-state index contributed by atoms with van der Waals surface area (Å²) in [5, 5.41) is 0. The van der Waals surface area contributed by atoms with Crippen molar-refractivity contribution in [3.8, 4) is 0 Å². The molecule has 0 saturated heterocycles. The molecule has 7 heavy (non-hydrogen) atoms. The molecule has 0 radical (unpaired) electrons. The van der Waals surface area contributed by atoms with Crippen molar-refractivity contribution in [3.05, 3.63) is 12.7 Å². The Hall–Kier alpha value is -0.300. The lowest BCUT2D eigenvalue weighted by Gasteiger charge is -2.08. The molecule has 0 bridgehead atoms. The highest BCUT2D eigenvalue weighted by Crippen LogP contribution is 2.11. The minimum Gasteiger partial charge on any atom is -0.412 e. The Morgan fingerprint density at radius 1 is 1.29 bits per heavy atom. The van der Waals surface area contributed by atoms with Gasteiger partial charge in [-0.1, -0.05) is 26.8 Å². The smallest absolute Gasteiger partial charge is 0.0206 e. The molecule has 0 aromatic rings. The van der Waals surface area contributed by atoms with E-state index < -0.39 is 0 Å². The number of allylic oxidation sites excluding steroid dienone is 1. The van der Waals surface area contributed by atoms with Gasteiger partial charge in [0.25, 0.3) is 0 Å². The number of hydrogen-bond donors (Lipinski definition) is 0. The van der Waals surface area contributed by atoms with Gasteiger partial charge < -0.3 is 5.48 Å². The molecule has 1 heteroatoms. The van der Waals surface area contributed by atoms with Crippen molar-refractivity contribution in [2.24, 2.45) is 5.41 Å². The number of hydrogen-bond acceptors (Lipinski definition) is 0. The molecule has 1 nitrogen and oxygen atoms in total. The van der Waals surface area contributed by atoms with E-state index in [1.54, 1.807) is 0 Å². The van der Waals surface area contributed by atoms with Gasteiger partial charge >= 0.3 is 0 Å². The van der Waals surface area contributed by atoms with E-state index in [2.05, 4.69) is 27.4 Å². The molecule has 0 rings (SSSR count). The van der Waals surface area contributed by atoms with Gasteiger partial charge in [0.05, 0.1) is 0 Å². The van der Waals surface area contributed by atoms with Gasteiger partial charge in [0, 0.05) is 0 Å². The first-order chi connectivity index (χ1) is 2.56. The molecule has 0 aromatic carbocycles. The highest BCUT2D eigenvalue weighted by Gasteiger charge is 1.99. The minimum absolute atomic E-state index is 0. The van der Waals surface area contributed by atoms with Crippen LogP contribution in [-0.4, -0.2) is 5.48 Å². The average Bonchev–Trinajstić information content (AvgIpc) is 1.35. The third-order valence-corrected chi connectivity index (χ3v) is 0.612. The van der Waals surface area contributed by atoms with Crippen LogP contribution in [-0.2, 0) is 0 Å². The molecule has 0 aliphatic carbocycles. The van der Waals surface area contributed by atoms with E-state index in [1.165, 1.54) is 0 Å². The zero-order valence-corrected chi connectivity index (χ0v) is 5.28. The Bertz CT molecular complexity index is 49.7. The van der Waals surface area contributed by atoms with Crippen molar-refractivity contribution < 1.29 is 5.48 Å². The molecule has 2 N–H and O–H groups in total. The Kier molecular flexibility index (Phi) is 3.95. The van der Waals surface area contributed by atoms with Crippen molar-refractivity contribution in [2.75, 3.05) is 0 Å². The summed E-state index contributed by atoms with van der Waals surface area (Å²) in [5.41, 5.74) is 0.306. The summed E-state index contributed by atoms with van der Waals surface area (Å²) in [4.78, 5) is 0. The van der Waals surface area contributed by atoms with Crippen LogP contribution in [0, 0.1) is 5.41 Å². The normalized spacial score (nSPS) is 9.57. The summed E-state index contributed by atoms with van der Waals surface area (Å²) in [5.74, 6) is 0. The van der Waals surface area contributed by atoms with Crippen LogP contribution in [0.15, 0.2) is 12.7 Å². The van der Waals surface area contributed by atoms with Crippen LogP contribution in [0.3, 0.4) is 0 Å². The molecule has 0 heterocycles. The van der Waals surface area contributed by atoms with Gasteiger partial charge in [-0.3, -0.25) is 0 Å². The van der Waals surface area contributed by atoms with Crippen molar-refractivity contribution in [3.63, 3.8) is 0 Å². The molecule has 0 unspecified atom stereocenters.